The van der Waals surface area contributed by atoms with Gasteiger partial charge < -0.3 is 24.0 Å². The molecule has 0 saturated carbocycles. The molecule has 148 valence electrons. The lowest BCUT2D eigenvalue weighted by Gasteiger charge is -2.39. The lowest BCUT2D eigenvalue weighted by atomic mass is 10.0. The number of ether oxygens (including phenoxy) is 3. The maximum absolute atomic E-state index is 12.9. The van der Waals surface area contributed by atoms with Crippen molar-refractivity contribution < 1.29 is 23.8 Å². The molecule has 7 heteroatoms. The molecule has 2 aliphatic heterocycles. The Hall–Kier alpha value is -2.44. The number of likely N-dealkylation sites (N-methyl/N-ethyl adjacent to an activating group) is 1. The van der Waals surface area contributed by atoms with Gasteiger partial charge in [-0.2, -0.15) is 0 Å². The molecular weight excluding hydrogens is 348 g/mol. The second-order valence-electron chi connectivity index (χ2n) is 8.04. The van der Waals surface area contributed by atoms with Gasteiger partial charge in [-0.25, -0.2) is 4.79 Å². The van der Waals surface area contributed by atoms with Gasteiger partial charge in [0.05, 0.1) is 0 Å². The Bertz CT molecular complexity index is 700. The minimum atomic E-state index is -0.679. The number of benzene rings is 1. The molecule has 0 aliphatic carbocycles. The van der Waals surface area contributed by atoms with E-state index >= 15 is 0 Å². The number of amides is 2. The molecule has 0 unspecified atom stereocenters. The van der Waals surface area contributed by atoms with Crippen molar-refractivity contribution in [2.45, 2.75) is 51.4 Å². The highest BCUT2D eigenvalue weighted by molar-refractivity contribution is 5.82. The van der Waals surface area contributed by atoms with Crippen molar-refractivity contribution in [3.63, 3.8) is 0 Å². The summed E-state index contributed by atoms with van der Waals surface area (Å²) in [5.41, 5.74) is -0.535. The predicted octanol–water partition coefficient (Wildman–Crippen LogP) is 2.68. The third-order valence-corrected chi connectivity index (χ3v) is 4.73. The quantitative estimate of drug-likeness (QED) is 0.794. The number of carbonyl (C=O) groups is 2. The van der Waals surface area contributed by atoms with Gasteiger partial charge in [-0.05, 0) is 45.7 Å². The molecule has 0 N–H and O–H groups in total. The summed E-state index contributed by atoms with van der Waals surface area (Å²) in [6.45, 7) is 6.83. The van der Waals surface area contributed by atoms with Gasteiger partial charge in [0.1, 0.15) is 12.2 Å². The Kier molecular flexibility index (Phi) is 5.48. The van der Waals surface area contributed by atoms with Crippen LogP contribution < -0.4 is 9.47 Å². The van der Waals surface area contributed by atoms with E-state index in [4.69, 9.17) is 14.2 Å². The van der Waals surface area contributed by atoms with Gasteiger partial charge in [0.25, 0.3) is 5.91 Å². The van der Waals surface area contributed by atoms with Gasteiger partial charge in [0.2, 0.25) is 6.10 Å². The standard InChI is InChI=1S/C20H28N2O5/c1-20(2,3)27-19(24)22-11-7-8-14(12-22)21(4)18(23)17-13-25-15-9-5-6-10-16(15)26-17/h5-6,9-10,14,17H,7-8,11-13H2,1-4H3/t14-,17-/m0/s1. The van der Waals surface area contributed by atoms with Gasteiger partial charge in [-0.3, -0.25) is 4.79 Å². The maximum atomic E-state index is 12.9. The number of hydrogen-bond acceptors (Lipinski definition) is 5. The minimum absolute atomic E-state index is 0.0699. The second kappa shape index (κ2) is 7.66. The molecular formula is C20H28N2O5. The van der Waals surface area contributed by atoms with E-state index in [1.54, 1.807) is 22.9 Å². The average molecular weight is 376 g/mol. The summed E-state index contributed by atoms with van der Waals surface area (Å²) in [7, 11) is 1.76. The van der Waals surface area contributed by atoms with E-state index in [2.05, 4.69) is 0 Å². The van der Waals surface area contributed by atoms with Crippen LogP contribution in [-0.4, -0.2) is 66.3 Å². The highest BCUT2D eigenvalue weighted by atomic mass is 16.6. The number of hydrogen-bond donors (Lipinski definition) is 0. The van der Waals surface area contributed by atoms with Crippen LogP contribution in [0.15, 0.2) is 24.3 Å². The Labute approximate surface area is 160 Å². The fourth-order valence-electron chi connectivity index (χ4n) is 3.31. The number of nitrogens with zero attached hydrogens (tertiary/aromatic N) is 2. The third kappa shape index (κ3) is 4.64. The lowest BCUT2D eigenvalue weighted by molar-refractivity contribution is -0.143. The van der Waals surface area contributed by atoms with Crippen molar-refractivity contribution in [1.29, 1.82) is 0 Å². The van der Waals surface area contributed by atoms with Crippen molar-refractivity contribution in [2.24, 2.45) is 0 Å². The number of carbonyl (C=O) groups excluding carboxylic acids is 2. The van der Waals surface area contributed by atoms with E-state index in [0.717, 1.165) is 12.8 Å². The summed E-state index contributed by atoms with van der Waals surface area (Å²) < 4.78 is 16.9. The Morgan fingerprint density at radius 1 is 1.22 bits per heavy atom. The van der Waals surface area contributed by atoms with E-state index in [1.165, 1.54) is 0 Å². The third-order valence-electron chi connectivity index (χ3n) is 4.73. The van der Waals surface area contributed by atoms with Gasteiger partial charge in [0, 0.05) is 26.2 Å². The van der Waals surface area contributed by atoms with E-state index in [-0.39, 0.29) is 24.6 Å². The zero-order chi connectivity index (χ0) is 19.6. The molecule has 0 bridgehead atoms. The highest BCUT2D eigenvalue weighted by Crippen LogP contribution is 2.31. The van der Waals surface area contributed by atoms with Crippen LogP contribution >= 0.6 is 0 Å². The van der Waals surface area contributed by atoms with E-state index < -0.39 is 11.7 Å². The first-order valence-corrected chi connectivity index (χ1v) is 9.37. The van der Waals surface area contributed by atoms with Gasteiger partial charge in [0.15, 0.2) is 11.5 Å². The predicted molar refractivity (Wildman–Crippen MR) is 100.0 cm³/mol. The topological polar surface area (TPSA) is 68.3 Å². The molecule has 1 aromatic rings. The minimum Gasteiger partial charge on any atom is -0.485 e. The Morgan fingerprint density at radius 3 is 2.63 bits per heavy atom. The number of fused-ring (bicyclic) bond motifs is 1. The summed E-state index contributed by atoms with van der Waals surface area (Å²) in [6.07, 6.45) is 0.652. The first-order valence-electron chi connectivity index (χ1n) is 9.37. The lowest BCUT2D eigenvalue weighted by Crippen LogP contribution is -2.54. The van der Waals surface area contributed by atoms with Crippen LogP contribution in [0.4, 0.5) is 4.79 Å². The normalized spacial score (nSPS) is 22.1. The van der Waals surface area contributed by atoms with Crippen LogP contribution in [0.2, 0.25) is 0 Å². The van der Waals surface area contributed by atoms with Crippen molar-refractivity contribution in [1.82, 2.24) is 9.80 Å². The van der Waals surface area contributed by atoms with Gasteiger partial charge in [-0.15, -0.1) is 0 Å². The summed E-state index contributed by atoms with van der Waals surface area (Å²) in [5, 5.41) is 0. The van der Waals surface area contributed by atoms with Crippen LogP contribution in [0.1, 0.15) is 33.6 Å². The number of likely N-dealkylation sites (tertiary alicyclic amines) is 1. The fraction of sp³-hybridized carbons (Fsp3) is 0.600. The van der Waals surface area contributed by atoms with Crippen molar-refractivity contribution in [3.8, 4) is 11.5 Å². The molecule has 2 amide bonds. The molecule has 1 saturated heterocycles. The molecule has 0 radical (unpaired) electrons. The molecule has 0 spiro atoms. The Balaban J connectivity index is 1.61. The van der Waals surface area contributed by atoms with Crippen LogP contribution in [0.5, 0.6) is 11.5 Å². The summed E-state index contributed by atoms with van der Waals surface area (Å²) in [5.74, 6) is 1.09. The highest BCUT2D eigenvalue weighted by Gasteiger charge is 2.35. The second-order valence-corrected chi connectivity index (χ2v) is 8.04. The molecule has 3 rings (SSSR count). The molecule has 1 aromatic carbocycles. The first-order chi connectivity index (χ1) is 12.7. The Morgan fingerprint density at radius 2 is 1.93 bits per heavy atom. The fourth-order valence-corrected chi connectivity index (χ4v) is 3.31. The van der Waals surface area contributed by atoms with E-state index in [0.29, 0.717) is 24.6 Å². The molecule has 1 fully saturated rings. The molecule has 7 nitrogen and oxygen atoms in total. The summed E-state index contributed by atoms with van der Waals surface area (Å²) in [6, 6.07) is 7.25. The molecule has 27 heavy (non-hydrogen) atoms. The van der Waals surface area contributed by atoms with Crippen LogP contribution in [0.25, 0.3) is 0 Å². The average Bonchev–Trinajstić information content (AvgIpc) is 2.65. The van der Waals surface area contributed by atoms with E-state index in [1.807, 2.05) is 39.0 Å². The molecule has 0 aromatic heterocycles. The molecule has 2 aliphatic rings. The number of piperidine rings is 1. The summed E-state index contributed by atoms with van der Waals surface area (Å²) >= 11 is 0. The maximum Gasteiger partial charge on any atom is 0.410 e. The van der Waals surface area contributed by atoms with Gasteiger partial charge in [-0.1, -0.05) is 12.1 Å². The van der Waals surface area contributed by atoms with Crippen LogP contribution in [0, 0.1) is 0 Å². The molecule has 2 atom stereocenters. The van der Waals surface area contributed by atoms with Crippen molar-refractivity contribution >= 4 is 12.0 Å². The SMILES string of the molecule is CN(C(=O)[C@@H]1COc2ccccc2O1)[C@H]1CCCN(C(=O)OC(C)(C)C)C1. The van der Waals surface area contributed by atoms with Crippen LogP contribution in [0.3, 0.4) is 0 Å². The summed E-state index contributed by atoms with van der Waals surface area (Å²) in [4.78, 5) is 28.6. The van der Waals surface area contributed by atoms with Crippen LogP contribution in [-0.2, 0) is 9.53 Å². The van der Waals surface area contributed by atoms with Crippen molar-refractivity contribution in [3.05, 3.63) is 24.3 Å². The molecule has 2 heterocycles. The number of para-hydroxylation sites is 2. The smallest absolute Gasteiger partial charge is 0.410 e. The monoisotopic (exact) mass is 376 g/mol. The van der Waals surface area contributed by atoms with Gasteiger partial charge >= 0.3 is 6.09 Å². The van der Waals surface area contributed by atoms with E-state index in [9.17, 15) is 9.59 Å². The zero-order valence-electron chi connectivity index (χ0n) is 16.4. The zero-order valence-corrected chi connectivity index (χ0v) is 16.4. The van der Waals surface area contributed by atoms with Crippen molar-refractivity contribution in [2.75, 3.05) is 26.7 Å². The largest absolute Gasteiger partial charge is 0.485 e. The number of rotatable bonds is 2. The first kappa shape index (κ1) is 19.3.